The van der Waals surface area contributed by atoms with E-state index >= 15 is 0 Å². The van der Waals surface area contributed by atoms with Crippen molar-refractivity contribution in [3.05, 3.63) is 63.8 Å². The molecule has 5 nitrogen and oxygen atoms in total. The Bertz CT molecular complexity index is 937. The van der Waals surface area contributed by atoms with Gasteiger partial charge in [0.2, 0.25) is 0 Å². The lowest BCUT2D eigenvalue weighted by Gasteiger charge is -2.17. The maximum Gasteiger partial charge on any atom is 0.293 e. The molecule has 0 saturated carbocycles. The van der Waals surface area contributed by atoms with E-state index in [0.717, 1.165) is 34.3 Å². The summed E-state index contributed by atoms with van der Waals surface area (Å²) in [5.41, 5.74) is 3.76. The third-order valence-corrected chi connectivity index (χ3v) is 5.33. The molecule has 1 aliphatic rings. The van der Waals surface area contributed by atoms with E-state index in [1.165, 1.54) is 4.90 Å². The van der Waals surface area contributed by atoms with Gasteiger partial charge in [-0.15, -0.1) is 0 Å². The number of benzene rings is 1. The second kappa shape index (κ2) is 8.61. The maximum absolute atomic E-state index is 12.6. The third kappa shape index (κ3) is 4.62. The first-order valence-corrected chi connectivity index (χ1v) is 10.1. The fourth-order valence-electron chi connectivity index (χ4n) is 2.96. The first kappa shape index (κ1) is 20.1. The van der Waals surface area contributed by atoms with E-state index in [1.807, 2.05) is 38.1 Å². The largest absolute Gasteiger partial charge is 0.491 e. The van der Waals surface area contributed by atoms with Gasteiger partial charge in [0.1, 0.15) is 12.4 Å². The summed E-state index contributed by atoms with van der Waals surface area (Å²) >= 11 is 0.942. The van der Waals surface area contributed by atoms with Crippen LogP contribution in [0.25, 0.3) is 6.08 Å². The van der Waals surface area contributed by atoms with E-state index in [9.17, 15) is 9.59 Å². The molecule has 2 aromatic rings. The lowest BCUT2D eigenvalue weighted by Crippen LogP contribution is -2.32. The van der Waals surface area contributed by atoms with Gasteiger partial charge >= 0.3 is 0 Å². The predicted octanol–water partition coefficient (Wildman–Crippen LogP) is 4.94. The molecule has 28 heavy (non-hydrogen) atoms. The molecule has 1 fully saturated rings. The topological polar surface area (TPSA) is 59.5 Å². The number of imide groups is 1. The quantitative estimate of drug-likeness (QED) is 0.648. The number of hydrogen-bond donors (Lipinski definition) is 0. The Morgan fingerprint density at radius 3 is 2.68 bits per heavy atom. The summed E-state index contributed by atoms with van der Waals surface area (Å²) in [5.74, 6) is 0.842. The zero-order chi connectivity index (χ0) is 20.3. The molecule has 146 valence electrons. The van der Waals surface area contributed by atoms with E-state index in [-0.39, 0.29) is 24.3 Å². The SMILES string of the molecule is Cc1ccc(C(C)C)c(OCCN2C(=O)S/C(=C\c3cccc(C)n3)C2=O)c1. The molecule has 3 rings (SSSR count). The van der Waals surface area contributed by atoms with Crippen LogP contribution >= 0.6 is 11.8 Å². The summed E-state index contributed by atoms with van der Waals surface area (Å²) < 4.78 is 5.92. The Hall–Kier alpha value is -2.60. The normalized spacial score (nSPS) is 15.8. The minimum Gasteiger partial charge on any atom is -0.491 e. The van der Waals surface area contributed by atoms with Gasteiger partial charge in [0.15, 0.2) is 0 Å². The van der Waals surface area contributed by atoms with Crippen LogP contribution in [0.2, 0.25) is 0 Å². The third-order valence-electron chi connectivity index (χ3n) is 4.43. The minimum atomic E-state index is -0.296. The van der Waals surface area contributed by atoms with Crippen molar-refractivity contribution in [3.63, 3.8) is 0 Å². The molecular formula is C22H24N2O3S. The smallest absolute Gasteiger partial charge is 0.293 e. The highest BCUT2D eigenvalue weighted by atomic mass is 32.2. The lowest BCUT2D eigenvalue weighted by atomic mass is 10.0. The molecule has 0 bridgehead atoms. The Balaban J connectivity index is 1.67. The van der Waals surface area contributed by atoms with Crippen LogP contribution < -0.4 is 4.74 Å². The Labute approximate surface area is 169 Å². The number of aromatic nitrogens is 1. The molecule has 1 saturated heterocycles. The number of aryl methyl sites for hydroxylation is 2. The minimum absolute atomic E-state index is 0.217. The molecule has 1 aromatic carbocycles. The molecule has 0 N–H and O–H groups in total. The van der Waals surface area contributed by atoms with Gasteiger partial charge in [-0.05, 0) is 66.9 Å². The number of hydrogen-bond acceptors (Lipinski definition) is 5. The van der Waals surface area contributed by atoms with Crippen molar-refractivity contribution in [2.45, 2.75) is 33.6 Å². The molecule has 0 radical (unpaired) electrons. The highest BCUT2D eigenvalue weighted by Gasteiger charge is 2.34. The molecular weight excluding hydrogens is 372 g/mol. The number of amides is 2. The second-order valence-electron chi connectivity index (χ2n) is 7.08. The van der Waals surface area contributed by atoms with Gasteiger partial charge in [0.25, 0.3) is 11.1 Å². The lowest BCUT2D eigenvalue weighted by molar-refractivity contribution is -0.123. The molecule has 1 aliphatic heterocycles. The summed E-state index contributed by atoms with van der Waals surface area (Å²) in [6, 6.07) is 11.7. The van der Waals surface area contributed by atoms with Crippen molar-refractivity contribution in [2.24, 2.45) is 0 Å². The van der Waals surface area contributed by atoms with Gasteiger partial charge in [-0.1, -0.05) is 32.0 Å². The van der Waals surface area contributed by atoms with Crippen LogP contribution in [0.15, 0.2) is 41.3 Å². The van der Waals surface area contributed by atoms with Gasteiger partial charge in [-0.2, -0.15) is 0 Å². The molecule has 0 unspecified atom stereocenters. The average Bonchev–Trinajstić information content (AvgIpc) is 2.89. The molecule has 0 spiro atoms. The summed E-state index contributed by atoms with van der Waals surface area (Å²) in [7, 11) is 0. The van der Waals surface area contributed by atoms with Crippen molar-refractivity contribution in [1.82, 2.24) is 9.88 Å². The molecule has 0 atom stereocenters. The van der Waals surface area contributed by atoms with E-state index in [0.29, 0.717) is 16.5 Å². The fraction of sp³-hybridized carbons (Fsp3) is 0.318. The van der Waals surface area contributed by atoms with Gasteiger partial charge < -0.3 is 4.74 Å². The van der Waals surface area contributed by atoms with Crippen molar-refractivity contribution < 1.29 is 14.3 Å². The van der Waals surface area contributed by atoms with Crippen LogP contribution in [0.5, 0.6) is 5.75 Å². The first-order chi connectivity index (χ1) is 13.3. The number of thioether (sulfide) groups is 1. The molecule has 1 aromatic heterocycles. The number of nitrogens with zero attached hydrogens (tertiary/aromatic N) is 2. The number of rotatable bonds is 6. The first-order valence-electron chi connectivity index (χ1n) is 9.27. The Kier molecular flexibility index (Phi) is 6.19. The van der Waals surface area contributed by atoms with Crippen LogP contribution in [0.1, 0.15) is 42.3 Å². The Morgan fingerprint density at radius 2 is 1.96 bits per heavy atom. The van der Waals surface area contributed by atoms with Crippen LogP contribution in [0.4, 0.5) is 4.79 Å². The molecule has 6 heteroatoms. The summed E-state index contributed by atoms with van der Waals surface area (Å²) in [6.45, 7) is 8.59. The van der Waals surface area contributed by atoms with Gasteiger partial charge in [-0.3, -0.25) is 19.5 Å². The van der Waals surface area contributed by atoms with Gasteiger partial charge in [0.05, 0.1) is 17.1 Å². The van der Waals surface area contributed by atoms with E-state index < -0.39 is 0 Å². The monoisotopic (exact) mass is 396 g/mol. The zero-order valence-corrected chi connectivity index (χ0v) is 17.4. The van der Waals surface area contributed by atoms with Crippen molar-refractivity contribution in [3.8, 4) is 5.75 Å². The number of carbonyl (C=O) groups excluding carboxylic acids is 2. The fourth-order valence-corrected chi connectivity index (χ4v) is 3.81. The maximum atomic E-state index is 12.6. The highest BCUT2D eigenvalue weighted by molar-refractivity contribution is 8.18. The van der Waals surface area contributed by atoms with E-state index in [2.05, 4.69) is 31.0 Å². The molecule has 2 amide bonds. The number of carbonyl (C=O) groups is 2. The second-order valence-corrected chi connectivity index (χ2v) is 8.07. The van der Waals surface area contributed by atoms with Gasteiger partial charge in [0, 0.05) is 5.69 Å². The average molecular weight is 397 g/mol. The van der Waals surface area contributed by atoms with Crippen molar-refractivity contribution in [2.75, 3.05) is 13.2 Å². The van der Waals surface area contributed by atoms with Crippen molar-refractivity contribution >= 4 is 29.0 Å². The number of ether oxygens (including phenoxy) is 1. The zero-order valence-electron chi connectivity index (χ0n) is 16.6. The number of pyridine rings is 1. The van der Waals surface area contributed by atoms with Gasteiger partial charge in [-0.25, -0.2) is 0 Å². The molecule has 0 aliphatic carbocycles. The Morgan fingerprint density at radius 1 is 1.18 bits per heavy atom. The van der Waals surface area contributed by atoms with Crippen LogP contribution in [0, 0.1) is 13.8 Å². The standard InChI is InChI=1S/C22H24N2O3S/c1-14(2)18-9-8-15(3)12-19(18)27-11-10-24-21(25)20(28-22(24)26)13-17-7-5-6-16(4)23-17/h5-9,12-14H,10-11H2,1-4H3/b20-13-. The summed E-state index contributed by atoms with van der Waals surface area (Å²) in [6.07, 6.45) is 1.66. The summed E-state index contributed by atoms with van der Waals surface area (Å²) in [5, 5.41) is -0.277. The predicted molar refractivity (Wildman–Crippen MR) is 112 cm³/mol. The van der Waals surface area contributed by atoms with Crippen LogP contribution in [-0.2, 0) is 4.79 Å². The van der Waals surface area contributed by atoms with Crippen LogP contribution in [0.3, 0.4) is 0 Å². The van der Waals surface area contributed by atoms with Crippen molar-refractivity contribution in [1.29, 1.82) is 0 Å². The van der Waals surface area contributed by atoms with Crippen LogP contribution in [-0.4, -0.2) is 34.2 Å². The summed E-state index contributed by atoms with van der Waals surface area (Å²) in [4.78, 5) is 30.9. The molecule has 2 heterocycles. The highest BCUT2D eigenvalue weighted by Crippen LogP contribution is 2.32. The van der Waals surface area contributed by atoms with E-state index in [1.54, 1.807) is 6.08 Å². The van der Waals surface area contributed by atoms with E-state index in [4.69, 9.17) is 4.74 Å².